The van der Waals surface area contributed by atoms with Crippen molar-refractivity contribution in [3.8, 4) is 6.07 Å². The number of amides is 1. The largest absolute Gasteiger partial charge is 0.313 e. The number of rotatable bonds is 7. The van der Waals surface area contributed by atoms with Crippen molar-refractivity contribution in [2.24, 2.45) is 0 Å². The molecule has 226 valence electrons. The number of benzene rings is 2. The number of aromatic amines is 1. The number of H-pyrrole nitrogens is 1. The van der Waals surface area contributed by atoms with Crippen molar-refractivity contribution in [2.75, 3.05) is 11.4 Å². The first-order valence-corrected chi connectivity index (χ1v) is 16.1. The summed E-state index contributed by atoms with van der Waals surface area (Å²) < 4.78 is 42.8. The van der Waals surface area contributed by atoms with E-state index in [2.05, 4.69) is 15.0 Å². The maximum Gasteiger partial charge on any atom is 0.258 e. The molecule has 2 aromatic carbocycles. The van der Waals surface area contributed by atoms with Crippen LogP contribution in [0.3, 0.4) is 0 Å². The van der Waals surface area contributed by atoms with Crippen LogP contribution in [0, 0.1) is 24.1 Å². The Bertz CT molecular complexity index is 1950. The highest BCUT2D eigenvalue weighted by atomic mass is 32.2. The van der Waals surface area contributed by atoms with Gasteiger partial charge in [-0.05, 0) is 74.1 Å². The van der Waals surface area contributed by atoms with Crippen LogP contribution in [0.15, 0.2) is 64.7 Å². The van der Waals surface area contributed by atoms with Crippen LogP contribution in [0.5, 0.6) is 0 Å². The monoisotopic (exact) mass is 614 g/mol. The predicted octanol–water partition coefficient (Wildman–Crippen LogP) is 4.68. The number of fused-ring (bicyclic) bond motifs is 1. The fourth-order valence-corrected chi connectivity index (χ4v) is 7.69. The number of carbonyl (C=O) groups excluding carboxylic acids is 1. The standard InChI is InChI=1S/C32H31FN6O4S/c1-20-23(16-34)13-26(15-28(20)33)44(42,43)39-12-11-30(39)32(41)38(25-9-10-27-29(14-25)36-19-37-31(27)40)18-24-8-7-22(17-35-24)21-5-3-2-4-6-21/h7-10,13-15,17,19,21,30H,2-6,11-12,18H2,1H3,(H,36,37,40)/t30-/m1/s1. The number of nitriles is 1. The molecule has 4 aromatic rings. The van der Waals surface area contributed by atoms with Crippen LogP contribution in [0.25, 0.3) is 10.9 Å². The Labute approximate surface area is 254 Å². The molecule has 1 saturated carbocycles. The third-order valence-electron chi connectivity index (χ3n) is 8.75. The topological polar surface area (TPSA) is 140 Å². The van der Waals surface area contributed by atoms with E-state index in [9.17, 15) is 27.7 Å². The van der Waals surface area contributed by atoms with Crippen LogP contribution >= 0.6 is 0 Å². The molecule has 2 aliphatic rings. The molecule has 1 atom stereocenters. The van der Waals surface area contributed by atoms with Crippen LogP contribution in [-0.2, 0) is 21.4 Å². The highest BCUT2D eigenvalue weighted by Crippen LogP contribution is 2.34. The minimum Gasteiger partial charge on any atom is -0.313 e. The van der Waals surface area contributed by atoms with Crippen LogP contribution in [0.2, 0.25) is 0 Å². The number of anilines is 1. The smallest absolute Gasteiger partial charge is 0.258 e. The molecule has 2 aromatic heterocycles. The molecule has 10 nitrogen and oxygen atoms in total. The van der Waals surface area contributed by atoms with Gasteiger partial charge in [0, 0.05) is 24.0 Å². The summed E-state index contributed by atoms with van der Waals surface area (Å²) in [5.74, 6) is -0.834. The van der Waals surface area contributed by atoms with E-state index in [4.69, 9.17) is 0 Å². The van der Waals surface area contributed by atoms with Crippen LogP contribution in [0.4, 0.5) is 10.1 Å². The molecule has 0 bridgehead atoms. The van der Waals surface area contributed by atoms with Gasteiger partial charge in [0.2, 0.25) is 15.9 Å². The highest BCUT2D eigenvalue weighted by Gasteiger charge is 2.45. The number of nitrogens with zero attached hydrogens (tertiary/aromatic N) is 5. The molecule has 0 unspecified atom stereocenters. The highest BCUT2D eigenvalue weighted by molar-refractivity contribution is 7.89. The fourth-order valence-electron chi connectivity index (χ4n) is 6.02. The molecule has 1 amide bonds. The second kappa shape index (κ2) is 11.9. The van der Waals surface area contributed by atoms with E-state index in [1.807, 2.05) is 24.4 Å². The van der Waals surface area contributed by atoms with E-state index in [1.54, 1.807) is 18.2 Å². The molecule has 12 heteroatoms. The number of hydrogen-bond acceptors (Lipinski definition) is 7. The molecular weight excluding hydrogens is 583 g/mol. The zero-order valence-corrected chi connectivity index (χ0v) is 25.0. The molecule has 44 heavy (non-hydrogen) atoms. The van der Waals surface area contributed by atoms with E-state index < -0.39 is 27.8 Å². The van der Waals surface area contributed by atoms with E-state index in [0.29, 0.717) is 28.2 Å². The summed E-state index contributed by atoms with van der Waals surface area (Å²) in [5, 5.41) is 9.74. The Morgan fingerprint density at radius 3 is 2.59 bits per heavy atom. The molecule has 6 rings (SSSR count). The van der Waals surface area contributed by atoms with Gasteiger partial charge in [0.15, 0.2) is 0 Å². The van der Waals surface area contributed by atoms with Crippen LogP contribution in [-0.4, -0.2) is 46.2 Å². The van der Waals surface area contributed by atoms with Gasteiger partial charge in [-0.1, -0.05) is 25.3 Å². The molecular formula is C32H31FN6O4S. The van der Waals surface area contributed by atoms with Gasteiger partial charge in [0.05, 0.1) is 46.0 Å². The second-order valence-corrected chi connectivity index (χ2v) is 13.3. The number of hydrogen-bond donors (Lipinski definition) is 1. The number of sulfonamides is 1. The van der Waals surface area contributed by atoms with Gasteiger partial charge in [-0.25, -0.2) is 17.8 Å². The number of pyridine rings is 1. The quantitative estimate of drug-likeness (QED) is 0.319. The van der Waals surface area contributed by atoms with E-state index >= 15 is 0 Å². The Balaban J connectivity index is 1.33. The van der Waals surface area contributed by atoms with Crippen LogP contribution in [0.1, 0.15) is 66.8 Å². The lowest BCUT2D eigenvalue weighted by Gasteiger charge is -2.41. The van der Waals surface area contributed by atoms with Gasteiger partial charge in [0.25, 0.3) is 5.56 Å². The van der Waals surface area contributed by atoms with Gasteiger partial charge in [-0.2, -0.15) is 9.57 Å². The summed E-state index contributed by atoms with van der Waals surface area (Å²) >= 11 is 0. The molecule has 2 fully saturated rings. The lowest BCUT2D eigenvalue weighted by Crippen LogP contribution is -2.59. The summed E-state index contributed by atoms with van der Waals surface area (Å²) in [6.45, 7) is 1.52. The first-order chi connectivity index (χ1) is 21.2. The maximum atomic E-state index is 14.5. The van der Waals surface area contributed by atoms with Crippen LogP contribution < -0.4 is 10.5 Å². The Hall–Kier alpha value is -4.47. The van der Waals surface area contributed by atoms with Gasteiger partial charge in [0.1, 0.15) is 11.9 Å². The summed E-state index contributed by atoms with van der Waals surface area (Å²) in [5.41, 5.74) is 2.23. The molecule has 0 radical (unpaired) electrons. The lowest BCUT2D eigenvalue weighted by molar-refractivity contribution is -0.125. The number of aromatic nitrogens is 3. The maximum absolute atomic E-state index is 14.5. The normalized spacial score (nSPS) is 17.6. The minimum atomic E-state index is -4.29. The third kappa shape index (κ3) is 5.49. The van der Waals surface area contributed by atoms with Crippen molar-refractivity contribution in [1.29, 1.82) is 5.26 Å². The minimum absolute atomic E-state index is 0.0552. The molecule has 0 spiro atoms. The van der Waals surface area contributed by atoms with Crippen molar-refractivity contribution in [1.82, 2.24) is 19.3 Å². The number of carbonyl (C=O) groups is 1. The molecule has 1 aliphatic carbocycles. The first-order valence-electron chi connectivity index (χ1n) is 14.6. The summed E-state index contributed by atoms with van der Waals surface area (Å²) in [6.07, 6.45) is 9.29. The zero-order valence-electron chi connectivity index (χ0n) is 24.2. The van der Waals surface area contributed by atoms with Gasteiger partial charge >= 0.3 is 0 Å². The first kappa shape index (κ1) is 29.6. The summed E-state index contributed by atoms with van der Waals surface area (Å²) in [4.78, 5) is 39.0. The Morgan fingerprint density at radius 1 is 1.11 bits per heavy atom. The lowest BCUT2D eigenvalue weighted by atomic mass is 9.85. The third-order valence-corrected chi connectivity index (χ3v) is 10.6. The average Bonchev–Trinajstić information content (AvgIpc) is 3.01. The SMILES string of the molecule is Cc1c(F)cc(S(=O)(=O)N2CC[C@@H]2C(=O)N(Cc2ccc(C3CCCCC3)cn2)c2ccc3c(=O)[nH]cnc3c2)cc1C#N. The molecule has 1 aliphatic heterocycles. The second-order valence-electron chi connectivity index (χ2n) is 11.4. The summed E-state index contributed by atoms with van der Waals surface area (Å²) in [6, 6.07) is 11.5. The zero-order chi connectivity index (χ0) is 31.0. The number of halogens is 1. The van der Waals surface area contributed by atoms with Gasteiger partial charge < -0.3 is 9.88 Å². The van der Waals surface area contributed by atoms with E-state index in [-0.39, 0.29) is 41.1 Å². The predicted molar refractivity (Wildman–Crippen MR) is 162 cm³/mol. The van der Waals surface area contributed by atoms with Crippen molar-refractivity contribution in [3.05, 3.63) is 93.5 Å². The van der Waals surface area contributed by atoms with E-state index in [0.717, 1.165) is 29.3 Å². The molecule has 1 N–H and O–H groups in total. The fraction of sp³-hybridized carbons (Fsp3) is 0.344. The van der Waals surface area contributed by atoms with Crippen molar-refractivity contribution < 1.29 is 17.6 Å². The van der Waals surface area contributed by atoms with Gasteiger partial charge in [-0.3, -0.25) is 14.6 Å². The summed E-state index contributed by atoms with van der Waals surface area (Å²) in [7, 11) is -4.29. The van der Waals surface area contributed by atoms with Crippen molar-refractivity contribution in [3.63, 3.8) is 0 Å². The van der Waals surface area contributed by atoms with E-state index in [1.165, 1.54) is 43.0 Å². The van der Waals surface area contributed by atoms with Crippen molar-refractivity contribution in [2.45, 2.75) is 68.8 Å². The Kier molecular flexibility index (Phi) is 8.00. The molecule has 1 saturated heterocycles. The van der Waals surface area contributed by atoms with Gasteiger partial charge in [-0.15, -0.1) is 0 Å². The number of nitrogens with one attached hydrogen (secondary N) is 1. The average molecular weight is 615 g/mol. The Morgan fingerprint density at radius 2 is 1.91 bits per heavy atom. The van der Waals surface area contributed by atoms with Crippen molar-refractivity contribution >= 4 is 32.5 Å². The molecule has 3 heterocycles.